The van der Waals surface area contributed by atoms with Crippen molar-refractivity contribution in [2.75, 3.05) is 6.61 Å². The van der Waals surface area contributed by atoms with E-state index < -0.39 is 0 Å². The summed E-state index contributed by atoms with van der Waals surface area (Å²) in [6, 6.07) is 0. The van der Waals surface area contributed by atoms with Crippen LogP contribution in [0.3, 0.4) is 0 Å². The van der Waals surface area contributed by atoms with E-state index in [0.29, 0.717) is 6.54 Å². The van der Waals surface area contributed by atoms with Crippen molar-refractivity contribution in [3.8, 4) is 0 Å². The lowest BCUT2D eigenvalue weighted by atomic mass is 10.1. The van der Waals surface area contributed by atoms with Crippen LogP contribution < -0.4 is 5.69 Å². The third kappa shape index (κ3) is 2.94. The zero-order valence-electron chi connectivity index (χ0n) is 12.6. The summed E-state index contributed by atoms with van der Waals surface area (Å²) in [5.74, 6) is 0. The third-order valence-corrected chi connectivity index (χ3v) is 4.46. The van der Waals surface area contributed by atoms with E-state index in [1.165, 1.54) is 4.68 Å². The summed E-state index contributed by atoms with van der Waals surface area (Å²) >= 11 is 1.61. The Bertz CT molecular complexity index is 674. The van der Waals surface area contributed by atoms with Crippen LogP contribution in [0.2, 0.25) is 0 Å². The predicted octanol–water partition coefficient (Wildman–Crippen LogP) is 2.16. The van der Waals surface area contributed by atoms with E-state index in [2.05, 4.69) is 10.1 Å². The molecule has 0 bridgehead atoms. The average molecular weight is 308 g/mol. The van der Waals surface area contributed by atoms with Crippen LogP contribution in [-0.4, -0.2) is 25.9 Å². The molecule has 0 saturated carbocycles. The molecular formula is C14H20N4O2S. The van der Waals surface area contributed by atoms with Gasteiger partial charge in [0.2, 0.25) is 0 Å². The van der Waals surface area contributed by atoms with Gasteiger partial charge in [0.1, 0.15) is 17.4 Å². The molecule has 1 fully saturated rings. The lowest BCUT2D eigenvalue weighted by Gasteiger charge is -2.16. The first-order chi connectivity index (χ1) is 9.95. The summed E-state index contributed by atoms with van der Waals surface area (Å²) in [5, 5.41) is 7.20. The minimum atomic E-state index is -0.312. The van der Waals surface area contributed by atoms with Crippen LogP contribution in [0.5, 0.6) is 0 Å². The molecule has 0 aromatic carbocycles. The molecule has 21 heavy (non-hydrogen) atoms. The highest BCUT2D eigenvalue weighted by Crippen LogP contribution is 2.30. The van der Waals surface area contributed by atoms with E-state index >= 15 is 0 Å². The molecule has 114 valence electrons. The van der Waals surface area contributed by atoms with E-state index in [-0.39, 0.29) is 17.3 Å². The van der Waals surface area contributed by atoms with Crippen LogP contribution >= 0.6 is 11.3 Å². The molecule has 1 saturated heterocycles. The third-order valence-electron chi connectivity index (χ3n) is 3.48. The van der Waals surface area contributed by atoms with Crippen LogP contribution in [0.4, 0.5) is 0 Å². The monoisotopic (exact) mass is 308 g/mol. The van der Waals surface area contributed by atoms with E-state index in [1.54, 1.807) is 22.2 Å². The van der Waals surface area contributed by atoms with Crippen LogP contribution in [0.1, 0.15) is 50.4 Å². The topological polar surface area (TPSA) is 61.9 Å². The Morgan fingerprint density at radius 2 is 2.29 bits per heavy atom. The molecule has 0 spiro atoms. The van der Waals surface area contributed by atoms with Gasteiger partial charge >= 0.3 is 5.69 Å². The molecule has 1 aliphatic rings. The Hall–Kier alpha value is -1.47. The van der Waals surface area contributed by atoms with Crippen molar-refractivity contribution in [2.45, 2.75) is 51.8 Å². The smallest absolute Gasteiger partial charge is 0.346 e. The number of rotatable bonds is 3. The van der Waals surface area contributed by atoms with Crippen molar-refractivity contribution in [1.29, 1.82) is 0 Å². The molecule has 3 rings (SSSR count). The summed E-state index contributed by atoms with van der Waals surface area (Å²) in [6.45, 7) is 7.16. The van der Waals surface area contributed by atoms with Gasteiger partial charge in [-0.2, -0.15) is 5.10 Å². The van der Waals surface area contributed by atoms with Crippen LogP contribution in [0.25, 0.3) is 0 Å². The molecule has 0 N–H and O–H groups in total. The summed E-state index contributed by atoms with van der Waals surface area (Å²) in [4.78, 5) is 16.9. The minimum Gasteiger partial charge on any atom is -0.371 e. The number of nitrogens with zero attached hydrogens (tertiary/aromatic N) is 4. The first-order valence-electron chi connectivity index (χ1n) is 7.16. The molecule has 0 amide bonds. The summed E-state index contributed by atoms with van der Waals surface area (Å²) in [5.41, 5.74) is 0.475. The maximum atomic E-state index is 12.3. The fraction of sp³-hybridized carbons (Fsp3) is 0.643. The second-order valence-electron chi connectivity index (χ2n) is 6.30. The van der Waals surface area contributed by atoms with E-state index in [4.69, 9.17) is 4.74 Å². The fourth-order valence-corrected chi connectivity index (χ4v) is 3.28. The molecule has 7 heteroatoms. The van der Waals surface area contributed by atoms with E-state index in [1.807, 2.05) is 26.2 Å². The van der Waals surface area contributed by atoms with E-state index in [9.17, 15) is 4.79 Å². The molecule has 2 aromatic rings. The maximum Gasteiger partial charge on any atom is 0.346 e. The van der Waals surface area contributed by atoms with Crippen molar-refractivity contribution in [3.63, 3.8) is 0 Å². The second-order valence-corrected chi connectivity index (χ2v) is 7.19. The quantitative estimate of drug-likeness (QED) is 0.871. The Balaban J connectivity index is 1.78. The highest BCUT2D eigenvalue weighted by Gasteiger charge is 2.22. The van der Waals surface area contributed by atoms with Gasteiger partial charge in [-0.25, -0.2) is 14.5 Å². The predicted molar refractivity (Wildman–Crippen MR) is 80.6 cm³/mol. The number of thiazole rings is 1. The van der Waals surface area contributed by atoms with Gasteiger partial charge in [-0.3, -0.25) is 4.57 Å². The van der Waals surface area contributed by atoms with Gasteiger partial charge in [-0.05, 0) is 33.6 Å². The SMILES string of the molecule is CC(C)(C)n1ncn(Cc2csc([C@@H]3CCCO3)n2)c1=O. The van der Waals surface area contributed by atoms with Gasteiger partial charge in [0, 0.05) is 12.0 Å². The van der Waals surface area contributed by atoms with Gasteiger partial charge in [-0.15, -0.1) is 11.3 Å². The standard InChI is InChI=1S/C14H20N4O2S/c1-14(2,3)18-13(19)17(9-15-18)7-10-8-21-12(16-10)11-5-4-6-20-11/h8-9,11H,4-7H2,1-3H3/t11-/m0/s1. The van der Waals surface area contributed by atoms with Crippen LogP contribution in [-0.2, 0) is 16.8 Å². The van der Waals surface area contributed by atoms with Crippen LogP contribution in [0, 0.1) is 0 Å². The lowest BCUT2D eigenvalue weighted by molar-refractivity contribution is 0.111. The molecule has 1 atom stereocenters. The molecule has 0 radical (unpaired) electrons. The molecule has 0 aliphatic carbocycles. The van der Waals surface area contributed by atoms with Gasteiger partial charge in [0.05, 0.1) is 17.8 Å². The number of aromatic nitrogens is 4. The zero-order chi connectivity index (χ0) is 15.0. The highest BCUT2D eigenvalue weighted by atomic mass is 32.1. The Morgan fingerprint density at radius 1 is 1.48 bits per heavy atom. The largest absolute Gasteiger partial charge is 0.371 e. The van der Waals surface area contributed by atoms with Crippen molar-refractivity contribution in [3.05, 3.63) is 32.9 Å². The number of hydrogen-bond donors (Lipinski definition) is 0. The fourth-order valence-electron chi connectivity index (χ4n) is 2.39. The molecule has 0 unspecified atom stereocenters. The second kappa shape index (κ2) is 5.38. The first kappa shape index (κ1) is 14.5. The van der Waals surface area contributed by atoms with Crippen molar-refractivity contribution >= 4 is 11.3 Å². The molecular weight excluding hydrogens is 288 g/mol. The van der Waals surface area contributed by atoms with Gasteiger partial charge in [0.25, 0.3) is 0 Å². The van der Waals surface area contributed by atoms with Crippen molar-refractivity contribution in [2.24, 2.45) is 0 Å². The Kier molecular flexibility index (Phi) is 3.71. The maximum absolute atomic E-state index is 12.3. The summed E-state index contributed by atoms with van der Waals surface area (Å²) < 4.78 is 8.74. The molecule has 3 heterocycles. The van der Waals surface area contributed by atoms with Gasteiger partial charge < -0.3 is 4.74 Å². The molecule has 6 nitrogen and oxygen atoms in total. The molecule has 1 aliphatic heterocycles. The minimum absolute atomic E-state index is 0.103. The average Bonchev–Trinajstić information content (AvgIpc) is 3.10. The van der Waals surface area contributed by atoms with Crippen molar-refractivity contribution in [1.82, 2.24) is 19.3 Å². The summed E-state index contributed by atoms with van der Waals surface area (Å²) in [7, 11) is 0. The summed E-state index contributed by atoms with van der Waals surface area (Å²) in [6.07, 6.45) is 3.85. The van der Waals surface area contributed by atoms with Gasteiger partial charge in [0.15, 0.2) is 0 Å². The van der Waals surface area contributed by atoms with Crippen molar-refractivity contribution < 1.29 is 4.74 Å². The first-order valence-corrected chi connectivity index (χ1v) is 8.04. The highest BCUT2D eigenvalue weighted by molar-refractivity contribution is 7.09. The molecule has 2 aromatic heterocycles. The lowest BCUT2D eigenvalue weighted by Crippen LogP contribution is -2.35. The zero-order valence-corrected chi connectivity index (χ0v) is 13.4. The Labute approximate surface area is 127 Å². The normalized spacial score (nSPS) is 19.3. The Morgan fingerprint density at radius 3 is 2.90 bits per heavy atom. The number of ether oxygens (including phenoxy) is 1. The van der Waals surface area contributed by atoms with Crippen LogP contribution in [0.15, 0.2) is 16.5 Å². The number of hydrogen-bond acceptors (Lipinski definition) is 5. The van der Waals surface area contributed by atoms with Gasteiger partial charge in [-0.1, -0.05) is 0 Å². The van der Waals surface area contributed by atoms with E-state index in [0.717, 1.165) is 30.2 Å².